The highest BCUT2D eigenvalue weighted by atomic mass is 16.3. The first-order valence-electron chi connectivity index (χ1n) is 24.3. The zero-order chi connectivity index (χ0) is 47.0. The van der Waals surface area contributed by atoms with E-state index in [2.05, 4.69) is 216 Å². The van der Waals surface area contributed by atoms with Gasteiger partial charge in [0.25, 0.3) is 0 Å². The number of hydrogen-bond donors (Lipinski definition) is 0. The summed E-state index contributed by atoms with van der Waals surface area (Å²) in [5, 5.41) is 15.1. The van der Waals surface area contributed by atoms with Gasteiger partial charge in [0.05, 0.1) is 22.7 Å². The summed E-state index contributed by atoms with van der Waals surface area (Å²) in [4.78, 5) is 4.61. The summed E-state index contributed by atoms with van der Waals surface area (Å²) in [6, 6.07) is 81.1. The van der Waals surface area contributed by atoms with Crippen LogP contribution in [0.2, 0.25) is 0 Å². The lowest BCUT2D eigenvalue weighted by Gasteiger charge is -2.27. The quantitative estimate of drug-likeness (QED) is 0.166. The third-order valence-corrected chi connectivity index (χ3v) is 14.7. The Kier molecular flexibility index (Phi) is 8.07. The average Bonchev–Trinajstić information content (AvgIpc) is 4.19. The van der Waals surface area contributed by atoms with Crippen LogP contribution in [0.4, 0.5) is 34.1 Å². The zero-order valence-corrected chi connectivity index (χ0v) is 38.5. The van der Waals surface area contributed by atoms with E-state index in [1.54, 1.807) is 0 Å². The van der Waals surface area contributed by atoms with Crippen molar-refractivity contribution in [2.45, 2.75) is 0 Å². The van der Waals surface area contributed by atoms with Gasteiger partial charge in [0, 0.05) is 77.4 Å². The fraction of sp³-hybridized carbons (Fsp3) is 0. The number of para-hydroxylation sites is 4. The van der Waals surface area contributed by atoms with Crippen LogP contribution in [-0.4, -0.2) is 0 Å². The molecule has 6 nitrogen and oxygen atoms in total. The van der Waals surface area contributed by atoms with Gasteiger partial charge in [-0.25, -0.2) is 0 Å². The maximum absolute atomic E-state index is 6.85. The van der Waals surface area contributed by atoms with Crippen molar-refractivity contribution < 1.29 is 17.7 Å². The van der Waals surface area contributed by atoms with Crippen LogP contribution in [0, 0.1) is 0 Å². The van der Waals surface area contributed by atoms with E-state index < -0.39 is 0 Å². The fourth-order valence-electron chi connectivity index (χ4n) is 11.5. The topological polar surface area (TPSA) is 59.0 Å². The lowest BCUT2D eigenvalue weighted by atomic mass is 10.0. The molecule has 0 amide bonds. The van der Waals surface area contributed by atoms with Gasteiger partial charge in [-0.05, 0) is 119 Å². The maximum Gasteiger partial charge on any atom is 0.160 e. The third-order valence-electron chi connectivity index (χ3n) is 14.7. The Bertz CT molecular complexity index is 4580. The first kappa shape index (κ1) is 39.1. The van der Waals surface area contributed by atoms with Crippen molar-refractivity contribution in [3.63, 3.8) is 0 Å². The summed E-state index contributed by atoms with van der Waals surface area (Å²) in [7, 11) is 0. The first-order chi connectivity index (χ1) is 35.7. The predicted octanol–water partition coefficient (Wildman–Crippen LogP) is 19.7. The van der Waals surface area contributed by atoms with Crippen molar-refractivity contribution in [3.8, 4) is 0 Å². The second kappa shape index (κ2) is 14.9. The molecule has 72 heavy (non-hydrogen) atoms. The molecular formula is C66H38N2O4. The molecule has 0 saturated heterocycles. The fourth-order valence-corrected chi connectivity index (χ4v) is 11.5. The van der Waals surface area contributed by atoms with Crippen LogP contribution in [0.25, 0.3) is 120 Å². The molecule has 4 heterocycles. The van der Waals surface area contributed by atoms with Crippen molar-refractivity contribution >= 4 is 154 Å². The van der Waals surface area contributed by atoms with E-state index in [1.165, 1.54) is 0 Å². The standard InChI is InChI=1S/C66H38N2O4/c1-3-17-43(18-4-1)67(63-47-21-9-7-15-39(47)31-55-49-23-11-13-25-57(49)71-65(55)63)45-27-29-51-53-33-41-36-60-54(34-42(41)35-59(53)69-61(51)37-45)52-30-28-46(38-62(52)70-60)68(44-19-5-2-6-20-44)64-48-22-10-8-16-40(48)32-56-50-24-12-14-26-58(50)72-66(56)64/h1-38H. The molecular weight excluding hydrogens is 885 g/mol. The summed E-state index contributed by atoms with van der Waals surface area (Å²) < 4.78 is 27.2. The van der Waals surface area contributed by atoms with E-state index in [1.807, 2.05) is 24.3 Å². The molecule has 0 radical (unpaired) electrons. The Morgan fingerprint density at radius 1 is 0.208 bits per heavy atom. The second-order valence-corrected chi connectivity index (χ2v) is 18.8. The van der Waals surface area contributed by atoms with Gasteiger partial charge in [0.2, 0.25) is 0 Å². The minimum Gasteiger partial charge on any atom is -0.456 e. The van der Waals surface area contributed by atoms with Gasteiger partial charge in [-0.2, -0.15) is 0 Å². The van der Waals surface area contributed by atoms with Gasteiger partial charge in [0.1, 0.15) is 33.5 Å². The summed E-state index contributed by atoms with van der Waals surface area (Å²) >= 11 is 0. The van der Waals surface area contributed by atoms with Crippen LogP contribution in [0.1, 0.15) is 0 Å². The van der Waals surface area contributed by atoms with Gasteiger partial charge in [-0.1, -0.05) is 121 Å². The monoisotopic (exact) mass is 922 g/mol. The molecule has 4 aromatic heterocycles. The van der Waals surface area contributed by atoms with Gasteiger partial charge >= 0.3 is 0 Å². The minimum atomic E-state index is 0.801. The number of nitrogens with zero attached hydrogens (tertiary/aromatic N) is 2. The van der Waals surface area contributed by atoms with Crippen LogP contribution in [-0.2, 0) is 0 Å². The lowest BCUT2D eigenvalue weighted by Crippen LogP contribution is -2.10. The number of rotatable bonds is 6. The molecule has 0 bridgehead atoms. The van der Waals surface area contributed by atoms with Crippen LogP contribution < -0.4 is 9.80 Å². The first-order valence-corrected chi connectivity index (χ1v) is 24.3. The van der Waals surface area contributed by atoms with Crippen LogP contribution >= 0.6 is 0 Å². The number of furan rings is 4. The Morgan fingerprint density at radius 2 is 0.569 bits per heavy atom. The summed E-state index contributed by atoms with van der Waals surface area (Å²) in [5.74, 6) is 0. The highest BCUT2D eigenvalue weighted by Gasteiger charge is 2.26. The Balaban J connectivity index is 0.842. The van der Waals surface area contributed by atoms with E-state index in [4.69, 9.17) is 17.7 Å². The van der Waals surface area contributed by atoms with E-state index in [0.29, 0.717) is 0 Å². The van der Waals surface area contributed by atoms with Crippen LogP contribution in [0.5, 0.6) is 0 Å². The van der Waals surface area contributed by atoms with Gasteiger partial charge in [0.15, 0.2) is 11.2 Å². The molecule has 16 rings (SSSR count). The minimum absolute atomic E-state index is 0.801. The largest absolute Gasteiger partial charge is 0.456 e. The molecule has 0 aliphatic carbocycles. The predicted molar refractivity (Wildman–Crippen MR) is 297 cm³/mol. The maximum atomic E-state index is 6.85. The van der Waals surface area contributed by atoms with Crippen molar-refractivity contribution in [1.82, 2.24) is 0 Å². The molecule has 0 atom stereocenters. The summed E-state index contributed by atoms with van der Waals surface area (Å²) in [6.45, 7) is 0. The summed E-state index contributed by atoms with van der Waals surface area (Å²) in [6.07, 6.45) is 0. The number of hydrogen-bond acceptors (Lipinski definition) is 6. The summed E-state index contributed by atoms with van der Waals surface area (Å²) in [5.41, 5.74) is 12.6. The number of anilines is 6. The smallest absolute Gasteiger partial charge is 0.160 e. The molecule has 336 valence electrons. The number of benzene rings is 12. The molecule has 0 N–H and O–H groups in total. The molecule has 16 aromatic rings. The van der Waals surface area contributed by atoms with Crippen LogP contribution in [0.15, 0.2) is 248 Å². The van der Waals surface area contributed by atoms with Gasteiger partial charge < -0.3 is 27.5 Å². The molecule has 0 fully saturated rings. The normalized spacial score (nSPS) is 12.2. The van der Waals surface area contributed by atoms with E-state index in [9.17, 15) is 0 Å². The second-order valence-electron chi connectivity index (χ2n) is 18.8. The Hall–Kier alpha value is -9.78. The molecule has 0 saturated carbocycles. The van der Waals surface area contributed by atoms with E-state index in [0.717, 1.165) is 154 Å². The van der Waals surface area contributed by atoms with Crippen molar-refractivity contribution in [2.75, 3.05) is 9.80 Å². The Labute approximate surface area is 410 Å². The van der Waals surface area contributed by atoms with E-state index in [-0.39, 0.29) is 0 Å². The molecule has 12 aromatic carbocycles. The molecule has 0 aliphatic rings. The SMILES string of the molecule is c1ccc(N(c2ccc3c(c2)oc2cc4cc5c(cc4cc23)oc2cc(N(c3ccccc3)c3c4ccccc4cc4c3oc3ccccc34)ccc25)c2c3ccccc3cc3c2oc2ccccc23)cc1. The molecule has 0 unspecified atom stereocenters. The van der Waals surface area contributed by atoms with E-state index >= 15 is 0 Å². The van der Waals surface area contributed by atoms with Crippen molar-refractivity contribution in [2.24, 2.45) is 0 Å². The van der Waals surface area contributed by atoms with Gasteiger partial charge in [-0.3, -0.25) is 0 Å². The Morgan fingerprint density at radius 3 is 1.03 bits per heavy atom. The van der Waals surface area contributed by atoms with Crippen molar-refractivity contribution in [3.05, 3.63) is 231 Å². The average molecular weight is 923 g/mol. The number of fused-ring (bicyclic) bond motifs is 15. The highest BCUT2D eigenvalue weighted by molar-refractivity contribution is 6.22. The third kappa shape index (κ3) is 5.72. The lowest BCUT2D eigenvalue weighted by molar-refractivity contribution is 0.667. The molecule has 0 aliphatic heterocycles. The molecule has 0 spiro atoms. The highest BCUT2D eigenvalue weighted by Crippen LogP contribution is 2.50. The molecule has 6 heteroatoms. The zero-order valence-electron chi connectivity index (χ0n) is 38.5. The van der Waals surface area contributed by atoms with Gasteiger partial charge in [-0.15, -0.1) is 0 Å². The van der Waals surface area contributed by atoms with Crippen LogP contribution in [0.3, 0.4) is 0 Å². The van der Waals surface area contributed by atoms with Crippen molar-refractivity contribution in [1.29, 1.82) is 0 Å².